The minimum Gasteiger partial charge on any atom is -0.314 e. The van der Waals surface area contributed by atoms with Gasteiger partial charge in [-0.3, -0.25) is 0 Å². The van der Waals surface area contributed by atoms with Gasteiger partial charge in [0.05, 0.1) is 0 Å². The minimum absolute atomic E-state index is 0.806. The quantitative estimate of drug-likeness (QED) is 0.806. The predicted molar refractivity (Wildman–Crippen MR) is 78.0 cm³/mol. The first-order valence-electron chi connectivity index (χ1n) is 7.87. The first kappa shape index (κ1) is 14.3. The number of nitrogens with one attached hydrogen (secondary N) is 1. The highest BCUT2D eigenvalue weighted by atomic mass is 15.2. The van der Waals surface area contributed by atoms with Gasteiger partial charge in [-0.25, -0.2) is 0 Å². The number of hydrogen-bond donors (Lipinski definition) is 1. The van der Waals surface area contributed by atoms with Crippen molar-refractivity contribution in [2.24, 2.45) is 5.92 Å². The first-order chi connectivity index (χ1) is 8.77. The van der Waals surface area contributed by atoms with Crippen molar-refractivity contribution in [3.05, 3.63) is 0 Å². The van der Waals surface area contributed by atoms with Crippen LogP contribution in [-0.4, -0.2) is 62.7 Å². The van der Waals surface area contributed by atoms with Gasteiger partial charge >= 0.3 is 0 Å². The monoisotopic (exact) mass is 253 g/mol. The van der Waals surface area contributed by atoms with Crippen molar-refractivity contribution >= 4 is 0 Å². The highest BCUT2D eigenvalue weighted by molar-refractivity contribution is 4.81. The Hall–Kier alpha value is -0.120. The van der Waals surface area contributed by atoms with E-state index in [0.717, 1.165) is 12.0 Å². The van der Waals surface area contributed by atoms with E-state index in [1.54, 1.807) is 0 Å². The van der Waals surface area contributed by atoms with E-state index < -0.39 is 0 Å². The van der Waals surface area contributed by atoms with Crippen LogP contribution in [0.2, 0.25) is 0 Å². The zero-order valence-corrected chi connectivity index (χ0v) is 12.3. The van der Waals surface area contributed by atoms with Crippen LogP contribution in [0.1, 0.15) is 38.5 Å². The molecule has 18 heavy (non-hydrogen) atoms. The average molecular weight is 253 g/mol. The molecular formula is C15H31N3. The maximum atomic E-state index is 3.44. The summed E-state index contributed by atoms with van der Waals surface area (Å²) < 4.78 is 0. The Bertz CT molecular complexity index is 218. The van der Waals surface area contributed by atoms with Crippen LogP contribution in [0.5, 0.6) is 0 Å². The Morgan fingerprint density at radius 2 is 1.78 bits per heavy atom. The molecule has 1 saturated heterocycles. The molecule has 3 heteroatoms. The molecule has 0 amide bonds. The van der Waals surface area contributed by atoms with Gasteiger partial charge in [-0.05, 0) is 45.8 Å². The van der Waals surface area contributed by atoms with E-state index in [2.05, 4.69) is 29.2 Å². The molecule has 0 aromatic heterocycles. The van der Waals surface area contributed by atoms with E-state index >= 15 is 0 Å². The topological polar surface area (TPSA) is 18.5 Å². The third kappa shape index (κ3) is 4.22. The lowest BCUT2D eigenvalue weighted by molar-refractivity contribution is 0.136. The Labute approximate surface area is 113 Å². The molecule has 3 nitrogen and oxygen atoms in total. The highest BCUT2D eigenvalue weighted by Crippen LogP contribution is 2.29. The van der Waals surface area contributed by atoms with Crippen molar-refractivity contribution in [3.63, 3.8) is 0 Å². The first-order valence-corrected chi connectivity index (χ1v) is 7.87. The smallest absolute Gasteiger partial charge is 0.0130 e. The third-order valence-corrected chi connectivity index (χ3v) is 4.81. The van der Waals surface area contributed by atoms with Gasteiger partial charge < -0.3 is 15.1 Å². The molecule has 2 aliphatic rings. The molecule has 1 aliphatic heterocycles. The summed E-state index contributed by atoms with van der Waals surface area (Å²) in [6.45, 7) is 6.13. The lowest BCUT2D eigenvalue weighted by Crippen LogP contribution is -2.46. The van der Waals surface area contributed by atoms with E-state index in [0.29, 0.717) is 0 Å². The molecule has 1 unspecified atom stereocenters. The van der Waals surface area contributed by atoms with E-state index in [9.17, 15) is 0 Å². The molecule has 2 fully saturated rings. The van der Waals surface area contributed by atoms with Crippen LogP contribution >= 0.6 is 0 Å². The standard InChI is InChI=1S/C15H31N3/c1-17(2)15(14-6-4-3-5-7-14)8-11-18-12-9-16-10-13-18/h14-16H,3-13H2,1-2H3. The molecule has 1 heterocycles. The van der Waals surface area contributed by atoms with Crippen LogP contribution < -0.4 is 5.32 Å². The summed E-state index contributed by atoms with van der Waals surface area (Å²) in [5, 5.41) is 3.44. The molecule has 106 valence electrons. The zero-order valence-electron chi connectivity index (χ0n) is 12.3. The maximum Gasteiger partial charge on any atom is 0.0130 e. The van der Waals surface area contributed by atoms with Gasteiger partial charge in [0.2, 0.25) is 0 Å². The van der Waals surface area contributed by atoms with Gasteiger partial charge in [-0.15, -0.1) is 0 Å². The third-order valence-electron chi connectivity index (χ3n) is 4.81. The minimum atomic E-state index is 0.806. The van der Waals surface area contributed by atoms with Gasteiger partial charge in [0, 0.05) is 32.2 Å². The van der Waals surface area contributed by atoms with Crippen molar-refractivity contribution in [1.29, 1.82) is 0 Å². The van der Waals surface area contributed by atoms with E-state index in [-0.39, 0.29) is 0 Å². The molecule has 0 aromatic rings. The molecule has 0 bridgehead atoms. The normalized spacial score (nSPS) is 25.5. The van der Waals surface area contributed by atoms with Crippen LogP contribution in [-0.2, 0) is 0 Å². The van der Waals surface area contributed by atoms with Gasteiger partial charge in [-0.2, -0.15) is 0 Å². The van der Waals surface area contributed by atoms with E-state index in [1.165, 1.54) is 71.2 Å². The highest BCUT2D eigenvalue weighted by Gasteiger charge is 2.25. The molecule has 1 saturated carbocycles. The fourth-order valence-corrected chi connectivity index (χ4v) is 3.68. The Morgan fingerprint density at radius 1 is 1.11 bits per heavy atom. The summed E-state index contributed by atoms with van der Waals surface area (Å²) in [5.74, 6) is 0.955. The maximum absolute atomic E-state index is 3.44. The van der Waals surface area contributed by atoms with E-state index in [4.69, 9.17) is 0 Å². The fourth-order valence-electron chi connectivity index (χ4n) is 3.68. The Morgan fingerprint density at radius 3 is 2.39 bits per heavy atom. The number of hydrogen-bond acceptors (Lipinski definition) is 3. The molecule has 2 rings (SSSR count). The van der Waals surface area contributed by atoms with E-state index in [1.807, 2.05) is 0 Å². The van der Waals surface area contributed by atoms with Crippen LogP contribution in [0.3, 0.4) is 0 Å². The van der Waals surface area contributed by atoms with Crippen LogP contribution in [0.15, 0.2) is 0 Å². The van der Waals surface area contributed by atoms with Gasteiger partial charge in [0.1, 0.15) is 0 Å². The van der Waals surface area contributed by atoms with Crippen LogP contribution in [0.4, 0.5) is 0 Å². The summed E-state index contributed by atoms with van der Waals surface area (Å²) in [4.78, 5) is 5.12. The lowest BCUT2D eigenvalue weighted by atomic mass is 9.82. The van der Waals surface area contributed by atoms with Gasteiger partial charge in [0.25, 0.3) is 0 Å². The molecule has 0 aromatic carbocycles. The molecule has 1 aliphatic carbocycles. The molecule has 1 N–H and O–H groups in total. The molecule has 0 radical (unpaired) electrons. The number of rotatable bonds is 5. The summed E-state index contributed by atoms with van der Waals surface area (Å²) in [5.41, 5.74) is 0. The largest absolute Gasteiger partial charge is 0.314 e. The molecule has 1 atom stereocenters. The van der Waals surface area contributed by atoms with Crippen molar-refractivity contribution in [2.45, 2.75) is 44.6 Å². The van der Waals surface area contributed by atoms with Crippen molar-refractivity contribution < 1.29 is 0 Å². The van der Waals surface area contributed by atoms with Gasteiger partial charge in [-0.1, -0.05) is 19.3 Å². The number of nitrogens with zero attached hydrogens (tertiary/aromatic N) is 2. The van der Waals surface area contributed by atoms with Crippen LogP contribution in [0.25, 0.3) is 0 Å². The van der Waals surface area contributed by atoms with Crippen molar-refractivity contribution in [3.8, 4) is 0 Å². The zero-order chi connectivity index (χ0) is 12.8. The second kappa shape index (κ2) is 7.46. The van der Waals surface area contributed by atoms with Crippen LogP contribution in [0, 0.1) is 5.92 Å². The molecular weight excluding hydrogens is 222 g/mol. The summed E-state index contributed by atoms with van der Waals surface area (Å²) >= 11 is 0. The predicted octanol–water partition coefficient (Wildman–Crippen LogP) is 1.79. The Balaban J connectivity index is 1.77. The number of piperazine rings is 1. The van der Waals surface area contributed by atoms with Crippen molar-refractivity contribution in [1.82, 2.24) is 15.1 Å². The van der Waals surface area contributed by atoms with Gasteiger partial charge in [0.15, 0.2) is 0 Å². The fraction of sp³-hybridized carbons (Fsp3) is 1.00. The second-order valence-electron chi connectivity index (χ2n) is 6.31. The summed E-state index contributed by atoms with van der Waals surface area (Å²) in [7, 11) is 4.55. The second-order valence-corrected chi connectivity index (χ2v) is 6.31. The molecule has 0 spiro atoms. The Kier molecular flexibility index (Phi) is 5.93. The summed E-state index contributed by atoms with van der Waals surface area (Å²) in [6, 6.07) is 0.806. The van der Waals surface area contributed by atoms with Crippen molar-refractivity contribution in [2.75, 3.05) is 46.8 Å². The SMILES string of the molecule is CN(C)C(CCN1CCNCC1)C1CCCCC1. The average Bonchev–Trinajstić information content (AvgIpc) is 2.41. The lowest BCUT2D eigenvalue weighted by Gasteiger charge is -2.37. The summed E-state index contributed by atoms with van der Waals surface area (Å²) in [6.07, 6.45) is 8.67.